The highest BCUT2D eigenvalue weighted by molar-refractivity contribution is 7.99. The van der Waals surface area contributed by atoms with Gasteiger partial charge in [0.2, 0.25) is 0 Å². The van der Waals surface area contributed by atoms with Crippen LogP contribution in [0.3, 0.4) is 0 Å². The number of rotatable bonds is 4. The van der Waals surface area contributed by atoms with Gasteiger partial charge in [0, 0.05) is 23.2 Å². The molecule has 1 aliphatic rings. The van der Waals surface area contributed by atoms with Crippen LogP contribution in [0.2, 0.25) is 0 Å². The first-order valence-corrected chi connectivity index (χ1v) is 8.08. The maximum Gasteiger partial charge on any atom is 0.188 e. The molecule has 106 valence electrons. The molecule has 1 fully saturated rings. The molecule has 0 amide bonds. The van der Waals surface area contributed by atoms with Crippen LogP contribution < -0.4 is 5.32 Å². The summed E-state index contributed by atoms with van der Waals surface area (Å²) in [5, 5.41) is 5.13. The van der Waals surface area contributed by atoms with Crippen LogP contribution in [-0.4, -0.2) is 27.8 Å². The van der Waals surface area contributed by atoms with E-state index in [0.717, 1.165) is 17.4 Å². The third-order valence-corrected chi connectivity index (χ3v) is 5.04. The van der Waals surface area contributed by atoms with Gasteiger partial charge in [-0.2, -0.15) is 0 Å². The third-order valence-electron chi connectivity index (χ3n) is 3.83. The summed E-state index contributed by atoms with van der Waals surface area (Å²) in [4.78, 5) is 8.93. The van der Waals surface area contributed by atoms with Gasteiger partial charge in [0.25, 0.3) is 0 Å². The third kappa shape index (κ3) is 4.18. The highest BCUT2D eigenvalue weighted by Crippen LogP contribution is 2.41. The van der Waals surface area contributed by atoms with Gasteiger partial charge >= 0.3 is 0 Å². The van der Waals surface area contributed by atoms with E-state index in [9.17, 15) is 0 Å². The highest BCUT2D eigenvalue weighted by Gasteiger charge is 2.35. The fraction of sp³-hybridized carbons (Fsp3) is 0.733. The highest BCUT2D eigenvalue weighted by atomic mass is 32.2. The second-order valence-electron chi connectivity index (χ2n) is 6.21. The van der Waals surface area contributed by atoms with Crippen molar-refractivity contribution in [2.45, 2.75) is 63.4 Å². The summed E-state index contributed by atoms with van der Waals surface area (Å²) >= 11 is 1.84. The van der Waals surface area contributed by atoms with E-state index in [1.54, 1.807) is 0 Å². The summed E-state index contributed by atoms with van der Waals surface area (Å²) in [7, 11) is 0. The Kier molecular flexibility index (Phi) is 4.85. The number of nitrogens with zero attached hydrogens (tertiary/aromatic N) is 2. The van der Waals surface area contributed by atoms with Crippen molar-refractivity contribution in [3.63, 3.8) is 0 Å². The maximum atomic E-state index is 4.53. The van der Waals surface area contributed by atoms with E-state index in [0.29, 0.717) is 16.7 Å². The summed E-state index contributed by atoms with van der Waals surface area (Å²) in [6, 6.07) is 2.54. The van der Waals surface area contributed by atoms with E-state index in [4.69, 9.17) is 0 Å². The molecule has 0 spiro atoms. The van der Waals surface area contributed by atoms with Gasteiger partial charge in [-0.25, -0.2) is 9.97 Å². The van der Waals surface area contributed by atoms with E-state index in [-0.39, 0.29) is 0 Å². The number of nitrogens with one attached hydrogen (secondary N) is 1. The predicted octanol–water partition coefficient (Wildman–Crippen LogP) is 3.43. The van der Waals surface area contributed by atoms with Crippen LogP contribution >= 0.6 is 11.8 Å². The average Bonchev–Trinajstić information content (AvgIpc) is 2.32. The monoisotopic (exact) mass is 279 g/mol. The lowest BCUT2D eigenvalue weighted by atomic mass is 9.75. The Labute approximate surface area is 121 Å². The molecular weight excluding hydrogens is 254 g/mol. The quantitative estimate of drug-likeness (QED) is 0.857. The molecule has 1 aromatic heterocycles. The average molecular weight is 279 g/mol. The van der Waals surface area contributed by atoms with Crippen molar-refractivity contribution >= 4 is 11.8 Å². The largest absolute Gasteiger partial charge is 0.313 e. The van der Waals surface area contributed by atoms with E-state index < -0.39 is 0 Å². The summed E-state index contributed by atoms with van der Waals surface area (Å²) in [5.74, 6) is 0. The number of aryl methyl sites for hydroxylation is 1. The second-order valence-corrected chi connectivity index (χ2v) is 7.41. The van der Waals surface area contributed by atoms with Crippen molar-refractivity contribution in [3.8, 4) is 0 Å². The molecule has 0 bridgehead atoms. The number of hydrogen-bond acceptors (Lipinski definition) is 4. The summed E-state index contributed by atoms with van der Waals surface area (Å²) < 4.78 is 0. The van der Waals surface area contributed by atoms with E-state index in [1.165, 1.54) is 19.3 Å². The Morgan fingerprint density at radius 1 is 1.47 bits per heavy atom. The topological polar surface area (TPSA) is 37.8 Å². The zero-order valence-corrected chi connectivity index (χ0v) is 13.3. The van der Waals surface area contributed by atoms with Crippen molar-refractivity contribution in [1.29, 1.82) is 0 Å². The fourth-order valence-electron chi connectivity index (χ4n) is 2.76. The minimum atomic E-state index is 0.438. The number of aromatic nitrogens is 2. The van der Waals surface area contributed by atoms with Gasteiger partial charge in [-0.05, 0) is 44.2 Å². The van der Waals surface area contributed by atoms with E-state index >= 15 is 0 Å². The molecule has 2 unspecified atom stereocenters. The second kappa shape index (κ2) is 6.23. The molecule has 1 aliphatic carbocycles. The Hall–Kier alpha value is -0.610. The van der Waals surface area contributed by atoms with Crippen molar-refractivity contribution in [3.05, 3.63) is 18.0 Å². The first-order chi connectivity index (χ1) is 9.00. The molecule has 2 rings (SSSR count). The Morgan fingerprint density at radius 3 is 2.95 bits per heavy atom. The van der Waals surface area contributed by atoms with Crippen LogP contribution in [-0.2, 0) is 0 Å². The van der Waals surface area contributed by atoms with Crippen LogP contribution in [0, 0.1) is 12.3 Å². The Bertz CT molecular complexity index is 420. The van der Waals surface area contributed by atoms with Gasteiger partial charge in [-0.3, -0.25) is 0 Å². The minimum absolute atomic E-state index is 0.438. The number of hydrogen-bond donors (Lipinski definition) is 1. The molecule has 0 radical (unpaired) electrons. The first kappa shape index (κ1) is 14.8. The first-order valence-electron chi connectivity index (χ1n) is 7.20. The van der Waals surface area contributed by atoms with Crippen LogP contribution in [0.4, 0.5) is 0 Å². The van der Waals surface area contributed by atoms with Crippen LogP contribution in [0.5, 0.6) is 0 Å². The van der Waals surface area contributed by atoms with Gasteiger partial charge in [-0.15, -0.1) is 0 Å². The number of thioether (sulfide) groups is 1. The molecule has 1 N–H and O–H groups in total. The van der Waals surface area contributed by atoms with Gasteiger partial charge < -0.3 is 5.32 Å². The lowest BCUT2D eigenvalue weighted by molar-refractivity contribution is 0.215. The summed E-state index contributed by atoms with van der Waals surface area (Å²) in [6.45, 7) is 10.00. The van der Waals surface area contributed by atoms with Gasteiger partial charge in [0.1, 0.15) is 0 Å². The molecule has 1 aromatic rings. The van der Waals surface area contributed by atoms with E-state index in [1.807, 2.05) is 30.9 Å². The fourth-order valence-corrected chi connectivity index (χ4v) is 4.28. The zero-order valence-electron chi connectivity index (χ0n) is 12.4. The molecule has 0 saturated heterocycles. The SMILES string of the molecule is CCNC1CCC(C)(C)CC1Sc1nccc(C)n1. The minimum Gasteiger partial charge on any atom is -0.313 e. The maximum absolute atomic E-state index is 4.53. The van der Waals surface area contributed by atoms with Crippen LogP contribution in [0.15, 0.2) is 17.4 Å². The molecule has 1 saturated carbocycles. The standard InChI is InChI=1S/C15H25N3S/c1-5-16-12-6-8-15(3,4)10-13(12)19-14-17-9-7-11(2)18-14/h7,9,12-13,16H,5-6,8,10H2,1-4H3. The molecular formula is C15H25N3S. The van der Waals surface area contributed by atoms with Crippen molar-refractivity contribution < 1.29 is 0 Å². The zero-order chi connectivity index (χ0) is 13.9. The van der Waals surface area contributed by atoms with Crippen molar-refractivity contribution in [1.82, 2.24) is 15.3 Å². The molecule has 3 nitrogen and oxygen atoms in total. The predicted molar refractivity (Wildman–Crippen MR) is 81.5 cm³/mol. The Balaban J connectivity index is 2.09. The summed E-state index contributed by atoms with van der Waals surface area (Å²) in [6.07, 6.45) is 5.65. The lowest BCUT2D eigenvalue weighted by Crippen LogP contribution is -2.44. The smallest absolute Gasteiger partial charge is 0.188 e. The van der Waals surface area contributed by atoms with Crippen molar-refractivity contribution in [2.75, 3.05) is 6.54 Å². The van der Waals surface area contributed by atoms with Gasteiger partial charge in [0.15, 0.2) is 5.16 Å². The molecule has 4 heteroatoms. The molecule has 1 heterocycles. The molecule has 0 aliphatic heterocycles. The van der Waals surface area contributed by atoms with Gasteiger partial charge in [0.05, 0.1) is 0 Å². The molecule has 0 aromatic carbocycles. The van der Waals surface area contributed by atoms with Crippen LogP contribution in [0.25, 0.3) is 0 Å². The Morgan fingerprint density at radius 2 is 2.26 bits per heavy atom. The summed E-state index contributed by atoms with van der Waals surface area (Å²) in [5.41, 5.74) is 1.49. The molecule has 2 atom stereocenters. The lowest BCUT2D eigenvalue weighted by Gasteiger charge is -2.40. The normalized spacial score (nSPS) is 26.3. The van der Waals surface area contributed by atoms with Crippen LogP contribution in [0.1, 0.15) is 45.7 Å². The van der Waals surface area contributed by atoms with Crippen molar-refractivity contribution in [2.24, 2.45) is 5.41 Å². The van der Waals surface area contributed by atoms with E-state index in [2.05, 4.69) is 36.1 Å². The molecule has 19 heavy (non-hydrogen) atoms. The van der Waals surface area contributed by atoms with Gasteiger partial charge in [-0.1, -0.05) is 32.5 Å².